The van der Waals surface area contributed by atoms with E-state index in [2.05, 4.69) is 10.3 Å². The molecule has 2 N–H and O–H groups in total. The lowest BCUT2D eigenvalue weighted by Gasteiger charge is -2.22. The molecule has 2 heterocycles. The van der Waals surface area contributed by atoms with Crippen LogP contribution in [0.1, 0.15) is 30.0 Å². The molecule has 3 rings (SSSR count). The van der Waals surface area contributed by atoms with Gasteiger partial charge in [-0.1, -0.05) is 0 Å². The maximum atomic E-state index is 13.8. The number of aromatic amines is 1. The number of nitrogens with one attached hydrogen (secondary N) is 2. The Bertz CT molecular complexity index is 583. The zero-order chi connectivity index (χ0) is 12.7. The van der Waals surface area contributed by atoms with Crippen molar-refractivity contribution in [3.05, 3.63) is 35.0 Å². The molecule has 1 saturated heterocycles. The molecule has 2 nitrogen and oxygen atoms in total. The van der Waals surface area contributed by atoms with Crippen LogP contribution in [0.3, 0.4) is 0 Å². The van der Waals surface area contributed by atoms with Crippen molar-refractivity contribution in [3.63, 3.8) is 0 Å². The second kappa shape index (κ2) is 4.35. The summed E-state index contributed by atoms with van der Waals surface area (Å²) in [6.07, 6.45) is 2.21. The van der Waals surface area contributed by atoms with Crippen LogP contribution in [0.2, 0.25) is 0 Å². The molecule has 18 heavy (non-hydrogen) atoms. The molecule has 4 heteroatoms. The molecule has 1 aliphatic heterocycles. The van der Waals surface area contributed by atoms with Gasteiger partial charge in [-0.05, 0) is 44.0 Å². The number of H-pyrrole nitrogens is 1. The molecule has 1 unspecified atom stereocenters. The first kappa shape index (κ1) is 11.7. The van der Waals surface area contributed by atoms with Crippen LogP contribution in [0.5, 0.6) is 0 Å². The summed E-state index contributed by atoms with van der Waals surface area (Å²) in [6, 6.07) is 2.79. The summed E-state index contributed by atoms with van der Waals surface area (Å²) in [5.41, 5.74) is 2.57. The summed E-state index contributed by atoms with van der Waals surface area (Å²) in [4.78, 5) is 3.25. The lowest BCUT2D eigenvalue weighted by atomic mass is 9.93. The van der Waals surface area contributed by atoms with Crippen molar-refractivity contribution < 1.29 is 8.78 Å². The van der Waals surface area contributed by atoms with Crippen LogP contribution in [0.15, 0.2) is 12.1 Å². The normalized spacial score (nSPS) is 20.5. The molecule has 1 aromatic carbocycles. The van der Waals surface area contributed by atoms with Crippen molar-refractivity contribution in [1.29, 1.82) is 0 Å². The molecule has 0 bridgehead atoms. The fourth-order valence-corrected chi connectivity index (χ4v) is 2.90. The molecule has 2 aromatic rings. The highest BCUT2D eigenvalue weighted by Crippen LogP contribution is 2.32. The molecule has 96 valence electrons. The molecular formula is C14H16F2N2. The third-order valence-corrected chi connectivity index (χ3v) is 3.85. The third kappa shape index (κ3) is 1.72. The van der Waals surface area contributed by atoms with Gasteiger partial charge >= 0.3 is 0 Å². The number of rotatable bonds is 1. The second-order valence-corrected chi connectivity index (χ2v) is 4.99. The first-order chi connectivity index (χ1) is 8.68. The Kier molecular flexibility index (Phi) is 2.82. The van der Waals surface area contributed by atoms with E-state index in [9.17, 15) is 8.78 Å². The maximum absolute atomic E-state index is 13.8. The number of benzene rings is 1. The van der Waals surface area contributed by atoms with Crippen LogP contribution in [0.25, 0.3) is 10.9 Å². The van der Waals surface area contributed by atoms with Crippen molar-refractivity contribution in [2.24, 2.45) is 0 Å². The average molecular weight is 250 g/mol. The summed E-state index contributed by atoms with van der Waals surface area (Å²) in [6.45, 7) is 3.81. The maximum Gasteiger partial charge on any atom is 0.168 e. The number of hydrogen-bond acceptors (Lipinski definition) is 1. The zero-order valence-electron chi connectivity index (χ0n) is 10.3. The second-order valence-electron chi connectivity index (χ2n) is 4.99. The van der Waals surface area contributed by atoms with Crippen molar-refractivity contribution in [3.8, 4) is 0 Å². The first-order valence-corrected chi connectivity index (χ1v) is 6.35. The van der Waals surface area contributed by atoms with Gasteiger partial charge in [-0.15, -0.1) is 0 Å². The average Bonchev–Trinajstić information content (AvgIpc) is 2.73. The van der Waals surface area contributed by atoms with Crippen LogP contribution in [-0.2, 0) is 0 Å². The quantitative estimate of drug-likeness (QED) is 0.799. The van der Waals surface area contributed by atoms with E-state index in [1.54, 1.807) is 6.07 Å². The van der Waals surface area contributed by atoms with Gasteiger partial charge < -0.3 is 10.3 Å². The number of hydrogen-bond donors (Lipinski definition) is 2. The monoisotopic (exact) mass is 250 g/mol. The summed E-state index contributed by atoms with van der Waals surface area (Å²) in [5, 5.41) is 3.74. The molecular weight excluding hydrogens is 234 g/mol. The molecule has 0 spiro atoms. The van der Waals surface area contributed by atoms with E-state index in [0.29, 0.717) is 16.8 Å². The molecule has 1 aromatic heterocycles. The van der Waals surface area contributed by atoms with Gasteiger partial charge in [0.15, 0.2) is 11.6 Å². The fourth-order valence-electron chi connectivity index (χ4n) is 2.90. The minimum atomic E-state index is -0.780. The summed E-state index contributed by atoms with van der Waals surface area (Å²) >= 11 is 0. The third-order valence-electron chi connectivity index (χ3n) is 3.85. The Hall–Kier alpha value is -1.42. The van der Waals surface area contributed by atoms with Crippen LogP contribution in [0, 0.1) is 18.6 Å². The minimum absolute atomic E-state index is 0.369. The van der Waals surface area contributed by atoms with Gasteiger partial charge in [0.1, 0.15) is 0 Å². The smallest absolute Gasteiger partial charge is 0.168 e. The van der Waals surface area contributed by atoms with Crippen molar-refractivity contribution in [2.45, 2.75) is 25.7 Å². The topological polar surface area (TPSA) is 27.8 Å². The summed E-state index contributed by atoms with van der Waals surface area (Å²) < 4.78 is 27.1. The highest BCUT2D eigenvalue weighted by atomic mass is 19.2. The number of aryl methyl sites for hydroxylation is 1. The first-order valence-electron chi connectivity index (χ1n) is 6.35. The van der Waals surface area contributed by atoms with Gasteiger partial charge in [-0.2, -0.15) is 0 Å². The van der Waals surface area contributed by atoms with Crippen molar-refractivity contribution >= 4 is 10.9 Å². The van der Waals surface area contributed by atoms with Crippen molar-refractivity contribution in [1.82, 2.24) is 10.3 Å². The number of halogens is 2. The lowest BCUT2D eigenvalue weighted by molar-refractivity contribution is 0.455. The predicted octanol–water partition coefficient (Wildman–Crippen LogP) is 3.22. The van der Waals surface area contributed by atoms with E-state index in [1.807, 2.05) is 6.92 Å². The van der Waals surface area contributed by atoms with Crippen LogP contribution >= 0.6 is 0 Å². The largest absolute Gasteiger partial charge is 0.358 e. The van der Waals surface area contributed by atoms with E-state index in [1.165, 1.54) is 6.07 Å². The van der Waals surface area contributed by atoms with Crippen molar-refractivity contribution in [2.75, 3.05) is 13.1 Å². The lowest BCUT2D eigenvalue weighted by Crippen LogP contribution is -2.28. The van der Waals surface area contributed by atoms with Crippen LogP contribution < -0.4 is 5.32 Å². The molecule has 1 fully saturated rings. The van der Waals surface area contributed by atoms with Gasteiger partial charge in [0.25, 0.3) is 0 Å². The van der Waals surface area contributed by atoms with Gasteiger partial charge in [-0.25, -0.2) is 8.78 Å². The number of piperidine rings is 1. The minimum Gasteiger partial charge on any atom is -0.358 e. The van der Waals surface area contributed by atoms with Gasteiger partial charge in [0, 0.05) is 29.1 Å². The zero-order valence-corrected chi connectivity index (χ0v) is 10.3. The standard InChI is InChI=1S/C14H16F2N2/c1-8-12-11(5-4-10(15)13(12)16)18-14(8)9-3-2-6-17-7-9/h4-5,9,17-18H,2-3,6-7H2,1H3. The molecule has 0 saturated carbocycles. The summed E-state index contributed by atoms with van der Waals surface area (Å²) in [5.74, 6) is -1.15. The SMILES string of the molecule is Cc1c(C2CCCNC2)[nH]c2ccc(F)c(F)c12. The van der Waals surface area contributed by atoms with Crippen LogP contribution in [-0.4, -0.2) is 18.1 Å². The van der Waals surface area contributed by atoms with Gasteiger partial charge in [0.05, 0.1) is 0 Å². The molecule has 0 amide bonds. The molecule has 0 radical (unpaired) electrons. The highest BCUT2D eigenvalue weighted by Gasteiger charge is 2.22. The number of fused-ring (bicyclic) bond motifs is 1. The Labute approximate surface area is 104 Å². The Balaban J connectivity index is 2.13. The Morgan fingerprint density at radius 2 is 2.11 bits per heavy atom. The highest BCUT2D eigenvalue weighted by molar-refractivity contribution is 5.85. The van der Waals surface area contributed by atoms with Crippen LogP contribution in [0.4, 0.5) is 8.78 Å². The van der Waals surface area contributed by atoms with E-state index in [-0.39, 0.29) is 0 Å². The number of aromatic nitrogens is 1. The Morgan fingerprint density at radius 1 is 1.28 bits per heavy atom. The molecule has 1 aliphatic rings. The Morgan fingerprint density at radius 3 is 2.83 bits per heavy atom. The fraction of sp³-hybridized carbons (Fsp3) is 0.429. The van der Waals surface area contributed by atoms with E-state index in [4.69, 9.17) is 0 Å². The van der Waals surface area contributed by atoms with E-state index in [0.717, 1.165) is 37.2 Å². The molecule has 0 aliphatic carbocycles. The van der Waals surface area contributed by atoms with Gasteiger partial charge in [0.2, 0.25) is 0 Å². The predicted molar refractivity (Wildman–Crippen MR) is 67.8 cm³/mol. The van der Waals surface area contributed by atoms with Gasteiger partial charge in [-0.3, -0.25) is 0 Å². The summed E-state index contributed by atoms with van der Waals surface area (Å²) in [7, 11) is 0. The van der Waals surface area contributed by atoms with E-state index < -0.39 is 11.6 Å². The van der Waals surface area contributed by atoms with E-state index >= 15 is 0 Å². The molecule has 1 atom stereocenters.